The molecule has 156 valence electrons. The molecule has 0 radical (unpaired) electrons. The maximum atomic E-state index is 13.2. The topological polar surface area (TPSA) is 93.5 Å². The van der Waals surface area contributed by atoms with Crippen molar-refractivity contribution >= 4 is 34.6 Å². The largest absolute Gasteiger partial charge is 0.416 e. The Kier molecular flexibility index (Phi) is 7.83. The van der Waals surface area contributed by atoms with Crippen LogP contribution in [0.25, 0.3) is 0 Å². The smallest absolute Gasteiger partial charge is 0.403 e. The number of aliphatic imine (C=N–C) groups is 1. The van der Waals surface area contributed by atoms with Crippen LogP contribution in [0.15, 0.2) is 51.9 Å². The van der Waals surface area contributed by atoms with Gasteiger partial charge in [0.05, 0.1) is 21.2 Å². The number of nitrogens with two attached hydrogens (primary N) is 2. The average Bonchev–Trinajstić information content (AvgIpc) is 3.17. The first-order valence-electron chi connectivity index (χ1n) is 8.50. The van der Waals surface area contributed by atoms with Gasteiger partial charge in [-0.3, -0.25) is 9.79 Å². The summed E-state index contributed by atoms with van der Waals surface area (Å²) >= 11 is 7.16. The van der Waals surface area contributed by atoms with Gasteiger partial charge in [-0.25, -0.2) is 0 Å². The predicted octanol–water partition coefficient (Wildman–Crippen LogP) is 3.52. The summed E-state index contributed by atoms with van der Waals surface area (Å²) < 4.78 is 39.6. The molecular weight excluding hydrogens is 425 g/mol. The number of allylic oxidation sites excluding steroid dienone is 1. The second kappa shape index (κ2) is 9.91. The number of carbonyl (C=O) groups excluding carboxylic acids is 1. The van der Waals surface area contributed by atoms with Gasteiger partial charge in [-0.1, -0.05) is 29.8 Å². The minimum Gasteiger partial charge on any atom is -0.403 e. The Bertz CT molecular complexity index is 924. The van der Waals surface area contributed by atoms with E-state index in [9.17, 15) is 18.0 Å². The minimum atomic E-state index is -4.48. The third-order valence-electron chi connectivity index (χ3n) is 4.10. The van der Waals surface area contributed by atoms with Crippen LogP contribution in [0.1, 0.15) is 26.4 Å². The molecule has 0 unspecified atom stereocenters. The zero-order valence-electron chi connectivity index (χ0n) is 15.5. The lowest BCUT2D eigenvalue weighted by atomic mass is 9.99. The van der Waals surface area contributed by atoms with Crippen molar-refractivity contribution in [1.29, 1.82) is 0 Å². The van der Waals surface area contributed by atoms with Gasteiger partial charge in [0, 0.05) is 36.8 Å². The van der Waals surface area contributed by atoms with Crippen LogP contribution in [0.5, 0.6) is 0 Å². The van der Waals surface area contributed by atoms with E-state index in [1.165, 1.54) is 24.4 Å². The highest BCUT2D eigenvalue weighted by Gasteiger charge is 2.33. The number of rotatable bonds is 7. The number of alkyl halides is 3. The van der Waals surface area contributed by atoms with Crippen molar-refractivity contribution in [2.24, 2.45) is 16.5 Å². The summed E-state index contributed by atoms with van der Waals surface area (Å²) in [5.41, 5.74) is 11.5. The number of hydrogen-bond donors (Lipinski definition) is 3. The van der Waals surface area contributed by atoms with Gasteiger partial charge in [0.15, 0.2) is 0 Å². The third kappa shape index (κ3) is 5.81. The first-order valence-corrected chi connectivity index (χ1v) is 9.76. The van der Waals surface area contributed by atoms with E-state index in [1.807, 2.05) is 0 Å². The zero-order chi connectivity index (χ0) is 21.6. The van der Waals surface area contributed by atoms with Crippen molar-refractivity contribution in [2.45, 2.75) is 18.6 Å². The molecule has 0 aliphatic heterocycles. The van der Waals surface area contributed by atoms with Gasteiger partial charge in [0.1, 0.15) is 0 Å². The number of nitrogens with zero attached hydrogens (tertiary/aromatic N) is 1. The molecule has 0 spiro atoms. The number of amides is 1. The van der Waals surface area contributed by atoms with E-state index >= 15 is 0 Å². The van der Waals surface area contributed by atoms with Crippen LogP contribution in [-0.2, 0) is 12.6 Å². The lowest BCUT2D eigenvalue weighted by Gasteiger charge is -2.19. The number of halogens is 4. The maximum Gasteiger partial charge on any atom is 0.416 e. The molecule has 2 rings (SSSR count). The van der Waals surface area contributed by atoms with Crippen molar-refractivity contribution in [3.8, 4) is 0 Å². The minimum absolute atomic E-state index is 0.0143. The fourth-order valence-electron chi connectivity index (χ4n) is 2.72. The van der Waals surface area contributed by atoms with Crippen molar-refractivity contribution in [2.75, 3.05) is 13.6 Å². The standard InChI is InChI=1S/C19H20ClF3N4OS/c1-26-17(15(20)9-25)12-7-16(29-10-12)18(28)27-13(8-24)6-11-4-2-3-5-14(11)19(21,22)23/h2-5,7,9-10,13H,6,8,24-25H2,1H3,(H,27,28)/t13-/m0/s1. The second-order valence-electron chi connectivity index (χ2n) is 6.05. The van der Waals surface area contributed by atoms with Crippen LogP contribution in [0.3, 0.4) is 0 Å². The first-order chi connectivity index (χ1) is 13.7. The van der Waals surface area contributed by atoms with Crippen LogP contribution in [0.2, 0.25) is 0 Å². The Morgan fingerprint density at radius 2 is 2.07 bits per heavy atom. The molecule has 0 fully saturated rings. The van der Waals surface area contributed by atoms with Gasteiger partial charge in [0.25, 0.3) is 5.91 Å². The molecule has 1 aromatic carbocycles. The Hall–Kier alpha value is -2.36. The van der Waals surface area contributed by atoms with Crippen molar-refractivity contribution in [1.82, 2.24) is 5.32 Å². The number of nitrogens with one attached hydrogen (secondary N) is 1. The predicted molar refractivity (Wildman–Crippen MR) is 110 cm³/mol. The number of hydrogen-bond acceptors (Lipinski definition) is 5. The zero-order valence-corrected chi connectivity index (χ0v) is 17.0. The van der Waals surface area contributed by atoms with E-state index in [0.717, 1.165) is 17.4 Å². The summed E-state index contributed by atoms with van der Waals surface area (Å²) in [6.07, 6.45) is -3.32. The maximum absolute atomic E-state index is 13.2. The van der Waals surface area contributed by atoms with Gasteiger partial charge in [0.2, 0.25) is 0 Å². The molecule has 2 aromatic rings. The molecule has 0 saturated heterocycles. The third-order valence-corrected chi connectivity index (χ3v) is 5.34. The van der Waals surface area contributed by atoms with E-state index in [2.05, 4.69) is 10.3 Å². The van der Waals surface area contributed by atoms with Gasteiger partial charge in [-0.15, -0.1) is 11.3 Å². The lowest BCUT2D eigenvalue weighted by molar-refractivity contribution is -0.138. The quantitative estimate of drug-likeness (QED) is 0.570. The molecule has 5 nitrogen and oxygen atoms in total. The summed E-state index contributed by atoms with van der Waals surface area (Å²) in [4.78, 5) is 17.0. The second-order valence-corrected chi connectivity index (χ2v) is 7.37. The highest BCUT2D eigenvalue weighted by molar-refractivity contribution is 7.12. The summed E-state index contributed by atoms with van der Waals surface area (Å²) in [6, 6.07) is 6.16. The van der Waals surface area contributed by atoms with E-state index in [1.54, 1.807) is 18.5 Å². The van der Waals surface area contributed by atoms with Crippen LogP contribution < -0.4 is 16.8 Å². The molecule has 1 amide bonds. The van der Waals surface area contributed by atoms with Gasteiger partial charge in [-0.05, 0) is 24.1 Å². The number of carbonyl (C=O) groups is 1. The molecule has 0 aliphatic carbocycles. The Morgan fingerprint density at radius 3 is 2.66 bits per heavy atom. The molecule has 5 N–H and O–H groups in total. The number of thiophene rings is 1. The molecule has 1 heterocycles. The van der Waals surface area contributed by atoms with E-state index in [4.69, 9.17) is 23.1 Å². The Balaban J connectivity index is 2.16. The van der Waals surface area contributed by atoms with Crippen LogP contribution in [-0.4, -0.2) is 31.3 Å². The Morgan fingerprint density at radius 1 is 1.38 bits per heavy atom. The van der Waals surface area contributed by atoms with Gasteiger partial charge < -0.3 is 16.8 Å². The summed E-state index contributed by atoms with van der Waals surface area (Å²) in [5.74, 6) is -0.440. The fourth-order valence-corrected chi connectivity index (χ4v) is 3.71. The van der Waals surface area contributed by atoms with Crippen LogP contribution >= 0.6 is 22.9 Å². The van der Waals surface area contributed by atoms with Crippen molar-refractivity contribution in [3.05, 3.63) is 68.5 Å². The summed E-state index contributed by atoms with van der Waals surface area (Å²) in [6.45, 7) is -0.0143. The Labute approximate surface area is 175 Å². The average molecular weight is 445 g/mol. The van der Waals surface area contributed by atoms with Crippen molar-refractivity contribution < 1.29 is 18.0 Å². The van der Waals surface area contributed by atoms with Gasteiger partial charge in [-0.2, -0.15) is 13.2 Å². The van der Waals surface area contributed by atoms with E-state index in [-0.39, 0.29) is 23.6 Å². The summed E-state index contributed by atoms with van der Waals surface area (Å²) in [7, 11) is 1.54. The molecule has 0 bridgehead atoms. The SMILES string of the molecule is CN=C(C(Cl)=CN)c1csc(C(=O)N[C@H](CN)Cc2ccccc2C(F)(F)F)c1. The molecule has 1 atom stereocenters. The molecule has 29 heavy (non-hydrogen) atoms. The lowest BCUT2D eigenvalue weighted by Crippen LogP contribution is -2.41. The normalized spacial score (nSPS) is 14.0. The fraction of sp³-hybridized carbons (Fsp3) is 0.263. The molecule has 1 aromatic heterocycles. The molecule has 10 heteroatoms. The monoisotopic (exact) mass is 444 g/mol. The molecule has 0 aliphatic rings. The summed E-state index contributed by atoms with van der Waals surface area (Å²) in [5, 5.41) is 4.62. The highest BCUT2D eigenvalue weighted by atomic mass is 35.5. The van der Waals surface area contributed by atoms with E-state index < -0.39 is 23.7 Å². The molecule has 0 saturated carbocycles. The first kappa shape index (κ1) is 22.9. The van der Waals surface area contributed by atoms with Gasteiger partial charge >= 0.3 is 6.18 Å². The molecular formula is C19H20ClF3N4OS. The van der Waals surface area contributed by atoms with Crippen LogP contribution in [0, 0.1) is 0 Å². The van der Waals surface area contributed by atoms with E-state index in [0.29, 0.717) is 16.2 Å². The van der Waals surface area contributed by atoms with Crippen LogP contribution in [0.4, 0.5) is 13.2 Å². The number of benzene rings is 1. The highest BCUT2D eigenvalue weighted by Crippen LogP contribution is 2.32. The van der Waals surface area contributed by atoms with Crippen molar-refractivity contribution in [3.63, 3.8) is 0 Å².